The van der Waals surface area contributed by atoms with E-state index in [1.807, 2.05) is 42.5 Å². The second kappa shape index (κ2) is 7.49. The smallest absolute Gasteiger partial charge is 0.247 e. The monoisotopic (exact) mass is 391 g/mol. The van der Waals surface area contributed by atoms with E-state index in [0.29, 0.717) is 43.3 Å². The summed E-state index contributed by atoms with van der Waals surface area (Å²) in [5, 5.41) is 15.9. The van der Waals surface area contributed by atoms with E-state index in [1.54, 1.807) is 12.1 Å². The van der Waals surface area contributed by atoms with Gasteiger partial charge in [-0.05, 0) is 55.4 Å². The molecule has 2 heterocycles. The van der Waals surface area contributed by atoms with Gasteiger partial charge >= 0.3 is 0 Å². The van der Waals surface area contributed by atoms with Crippen LogP contribution in [0.2, 0.25) is 0 Å². The quantitative estimate of drug-likeness (QED) is 0.767. The molecule has 2 aliphatic rings. The highest BCUT2D eigenvalue weighted by molar-refractivity contribution is 7.80. The van der Waals surface area contributed by atoms with Crippen molar-refractivity contribution in [3.8, 4) is 6.07 Å². The van der Waals surface area contributed by atoms with Crippen LogP contribution in [0, 0.1) is 11.3 Å². The molecule has 0 aromatic heterocycles. The van der Waals surface area contributed by atoms with Crippen LogP contribution in [0.1, 0.15) is 18.4 Å². The molecule has 4 rings (SSSR count). The van der Waals surface area contributed by atoms with Crippen molar-refractivity contribution < 1.29 is 4.79 Å². The Labute approximate surface area is 169 Å². The Morgan fingerprint density at radius 2 is 1.89 bits per heavy atom. The van der Waals surface area contributed by atoms with Crippen LogP contribution < -0.4 is 15.5 Å². The fourth-order valence-electron chi connectivity index (χ4n) is 3.98. The minimum atomic E-state index is -0.520. The second-order valence-electron chi connectivity index (χ2n) is 7.07. The van der Waals surface area contributed by atoms with Crippen molar-refractivity contribution in [1.82, 2.24) is 10.2 Å². The highest BCUT2D eigenvalue weighted by Gasteiger charge is 2.50. The van der Waals surface area contributed by atoms with Gasteiger partial charge in [0.25, 0.3) is 0 Å². The van der Waals surface area contributed by atoms with Crippen LogP contribution in [0.25, 0.3) is 0 Å². The summed E-state index contributed by atoms with van der Waals surface area (Å²) in [5.74, 6) is 0.0941. The fraction of sp³-hybridized carbons (Fsp3) is 0.286. The van der Waals surface area contributed by atoms with E-state index >= 15 is 0 Å². The molecule has 2 aliphatic heterocycles. The van der Waals surface area contributed by atoms with Crippen molar-refractivity contribution in [2.24, 2.45) is 0 Å². The van der Waals surface area contributed by atoms with E-state index in [-0.39, 0.29) is 5.91 Å². The Kier molecular flexibility index (Phi) is 4.88. The van der Waals surface area contributed by atoms with Gasteiger partial charge in [0, 0.05) is 24.5 Å². The summed E-state index contributed by atoms with van der Waals surface area (Å²) in [5.41, 5.74) is 1.93. The third kappa shape index (κ3) is 3.27. The third-order valence-electron chi connectivity index (χ3n) is 5.53. The van der Waals surface area contributed by atoms with Gasteiger partial charge in [-0.1, -0.05) is 24.3 Å². The van der Waals surface area contributed by atoms with Crippen LogP contribution in [-0.4, -0.2) is 41.2 Å². The number of anilines is 2. The lowest BCUT2D eigenvalue weighted by atomic mass is 9.86. The van der Waals surface area contributed by atoms with E-state index < -0.39 is 5.54 Å². The molecule has 2 aromatic rings. The first kappa shape index (κ1) is 18.3. The summed E-state index contributed by atoms with van der Waals surface area (Å²) in [6.07, 6.45) is 1.40. The molecule has 6 nitrogen and oxygen atoms in total. The molecule has 2 aromatic carbocycles. The van der Waals surface area contributed by atoms with Crippen molar-refractivity contribution in [1.29, 1.82) is 5.26 Å². The third-order valence-corrected chi connectivity index (χ3v) is 5.89. The molecule has 2 saturated heterocycles. The molecule has 1 amide bonds. The number of piperidine rings is 1. The van der Waals surface area contributed by atoms with E-state index in [9.17, 15) is 4.79 Å². The molecular weight excluding hydrogens is 370 g/mol. The summed E-state index contributed by atoms with van der Waals surface area (Å²) in [6.45, 7) is 1.92. The number of nitriles is 1. The van der Waals surface area contributed by atoms with E-state index in [0.717, 1.165) is 11.4 Å². The average Bonchev–Trinajstić information content (AvgIpc) is 3.05. The van der Waals surface area contributed by atoms with Gasteiger partial charge in [-0.15, -0.1) is 0 Å². The Balaban J connectivity index is 1.45. The van der Waals surface area contributed by atoms with Gasteiger partial charge in [-0.3, -0.25) is 4.79 Å². The Morgan fingerprint density at radius 3 is 2.61 bits per heavy atom. The number of nitrogens with zero attached hydrogens (tertiary/aromatic N) is 3. The van der Waals surface area contributed by atoms with Gasteiger partial charge in [-0.25, -0.2) is 0 Å². The first-order chi connectivity index (χ1) is 13.6. The minimum absolute atomic E-state index is 0.0941. The molecule has 2 fully saturated rings. The number of hydrogen-bond acceptors (Lipinski definition) is 4. The minimum Gasteiger partial charge on any atom is -0.349 e. The largest absolute Gasteiger partial charge is 0.349 e. The lowest BCUT2D eigenvalue weighted by molar-refractivity contribution is -0.124. The number of para-hydroxylation sites is 1. The first-order valence-corrected chi connectivity index (χ1v) is 9.70. The van der Waals surface area contributed by atoms with E-state index in [4.69, 9.17) is 17.5 Å². The molecule has 0 bridgehead atoms. The molecule has 0 radical (unpaired) electrons. The number of thiocarbonyl (C=S) groups is 1. The lowest BCUT2D eigenvalue weighted by Gasteiger charge is -2.44. The first-order valence-electron chi connectivity index (χ1n) is 9.29. The maximum absolute atomic E-state index is 12.7. The van der Waals surface area contributed by atoms with Gasteiger partial charge in [0.15, 0.2) is 5.11 Å². The molecule has 0 unspecified atom stereocenters. The molecule has 0 saturated carbocycles. The van der Waals surface area contributed by atoms with Crippen LogP contribution in [-0.2, 0) is 4.79 Å². The Bertz CT molecular complexity index is 931. The zero-order chi connectivity index (χ0) is 19.6. The zero-order valence-corrected chi connectivity index (χ0v) is 16.2. The highest BCUT2D eigenvalue weighted by Crippen LogP contribution is 2.36. The molecular formula is C21H21N5OS. The molecule has 0 atom stereocenters. The average molecular weight is 392 g/mol. The molecule has 1 spiro atoms. The van der Waals surface area contributed by atoms with Gasteiger partial charge in [0.1, 0.15) is 5.54 Å². The number of nitrogens with one attached hydrogen (secondary N) is 2. The number of rotatable bonds is 2. The number of benzene rings is 2. The Hall–Kier alpha value is -3.11. The van der Waals surface area contributed by atoms with Crippen molar-refractivity contribution >= 4 is 34.6 Å². The predicted molar refractivity (Wildman–Crippen MR) is 113 cm³/mol. The van der Waals surface area contributed by atoms with Crippen LogP contribution in [0.5, 0.6) is 0 Å². The number of carbonyl (C=O) groups is 1. The molecule has 7 heteroatoms. The van der Waals surface area contributed by atoms with Gasteiger partial charge < -0.3 is 20.4 Å². The summed E-state index contributed by atoms with van der Waals surface area (Å²) in [4.78, 5) is 17.0. The highest BCUT2D eigenvalue weighted by atomic mass is 32.1. The Morgan fingerprint density at radius 1 is 1.14 bits per heavy atom. The van der Waals surface area contributed by atoms with Crippen molar-refractivity contribution in [3.05, 3.63) is 60.2 Å². The summed E-state index contributed by atoms with van der Waals surface area (Å²) >= 11 is 5.57. The topological polar surface area (TPSA) is 71.4 Å². The van der Waals surface area contributed by atoms with Crippen molar-refractivity contribution in [2.45, 2.75) is 18.4 Å². The second-order valence-corrected chi connectivity index (χ2v) is 7.46. The maximum Gasteiger partial charge on any atom is 0.247 e. The number of amides is 1. The van der Waals surface area contributed by atoms with Gasteiger partial charge in [0.2, 0.25) is 5.91 Å². The van der Waals surface area contributed by atoms with Crippen LogP contribution >= 0.6 is 12.2 Å². The lowest BCUT2D eigenvalue weighted by Crippen LogP contribution is -2.57. The van der Waals surface area contributed by atoms with Crippen molar-refractivity contribution in [3.63, 3.8) is 0 Å². The number of hydrogen-bond donors (Lipinski definition) is 2. The van der Waals surface area contributed by atoms with Gasteiger partial charge in [0.05, 0.1) is 18.3 Å². The van der Waals surface area contributed by atoms with E-state index in [2.05, 4.69) is 26.5 Å². The standard InChI is InChI=1S/C21H21N5OS/c22-14-16-5-4-6-17(13-16)24-20(28)25-11-9-21(10-12-25)19(27)23-15-26(21)18-7-2-1-3-8-18/h1-8,13H,9-12,15H2,(H,23,27)(H,24,28). The van der Waals surface area contributed by atoms with Crippen molar-refractivity contribution in [2.75, 3.05) is 30.0 Å². The number of likely N-dealkylation sites (tertiary alicyclic amines) is 1. The molecule has 0 aliphatic carbocycles. The summed E-state index contributed by atoms with van der Waals surface area (Å²) in [7, 11) is 0. The van der Waals surface area contributed by atoms with E-state index in [1.165, 1.54) is 0 Å². The fourth-order valence-corrected chi connectivity index (χ4v) is 4.28. The zero-order valence-electron chi connectivity index (χ0n) is 15.4. The van der Waals surface area contributed by atoms with Crippen LogP contribution in [0.3, 0.4) is 0 Å². The van der Waals surface area contributed by atoms with Gasteiger partial charge in [-0.2, -0.15) is 5.26 Å². The van der Waals surface area contributed by atoms with Crippen LogP contribution in [0.4, 0.5) is 11.4 Å². The SMILES string of the molecule is N#Cc1cccc(NC(=S)N2CCC3(CC2)C(=O)NCN3c2ccccc2)c1. The molecule has 142 valence electrons. The normalized spacial score (nSPS) is 17.9. The summed E-state index contributed by atoms with van der Waals surface area (Å²) < 4.78 is 0. The van der Waals surface area contributed by atoms with Crippen LogP contribution in [0.15, 0.2) is 54.6 Å². The number of carbonyl (C=O) groups excluding carboxylic acids is 1. The summed E-state index contributed by atoms with van der Waals surface area (Å²) in [6, 6.07) is 19.4. The molecule has 2 N–H and O–H groups in total. The predicted octanol–water partition coefficient (Wildman–Crippen LogP) is 2.68. The maximum atomic E-state index is 12.7. The molecule has 28 heavy (non-hydrogen) atoms.